The Hall–Kier alpha value is -2.43. The third-order valence-electron chi connectivity index (χ3n) is 6.69. The Labute approximate surface area is 234 Å². The maximum absolute atomic E-state index is 13.6. The van der Waals surface area contributed by atoms with Gasteiger partial charge in [-0.1, -0.05) is 43.3 Å². The summed E-state index contributed by atoms with van der Waals surface area (Å²) in [5.74, 6) is 0.172. The standard InChI is InChI=1S/C27H38ClFN6O2S/c1-5-33(6-2)12-8-9-19(3)30-25(36)18-38-27-31-23(28)16-24(32-27)34-13-14-35(20(4)17-34)26(37)21-10-7-11-22(29)15-21/h7,10-11,15-16,19-20H,5-6,8-9,12-14,17-18H2,1-4H3,(H,30,36). The van der Waals surface area contributed by atoms with Crippen LogP contribution in [0.2, 0.25) is 5.15 Å². The number of nitrogens with zero attached hydrogens (tertiary/aromatic N) is 5. The molecule has 2 aromatic rings. The smallest absolute Gasteiger partial charge is 0.254 e. The second kappa shape index (κ2) is 14.6. The predicted octanol–water partition coefficient (Wildman–Crippen LogP) is 4.34. The Kier molecular flexibility index (Phi) is 11.6. The highest BCUT2D eigenvalue weighted by Gasteiger charge is 2.29. The van der Waals surface area contributed by atoms with E-state index in [1.807, 2.05) is 13.8 Å². The predicted molar refractivity (Wildman–Crippen MR) is 152 cm³/mol. The fourth-order valence-corrected chi connectivity index (χ4v) is 5.44. The molecule has 1 saturated heterocycles. The van der Waals surface area contributed by atoms with Crippen molar-refractivity contribution in [1.29, 1.82) is 0 Å². The normalized spacial score (nSPS) is 16.6. The third kappa shape index (κ3) is 8.81. The molecule has 11 heteroatoms. The minimum absolute atomic E-state index is 0.0615. The summed E-state index contributed by atoms with van der Waals surface area (Å²) in [4.78, 5) is 40.5. The van der Waals surface area contributed by atoms with E-state index in [9.17, 15) is 14.0 Å². The monoisotopic (exact) mass is 564 g/mol. The van der Waals surface area contributed by atoms with Gasteiger partial charge in [0.15, 0.2) is 5.16 Å². The lowest BCUT2D eigenvalue weighted by atomic mass is 10.1. The van der Waals surface area contributed by atoms with Crippen LogP contribution in [0.5, 0.6) is 0 Å². The van der Waals surface area contributed by atoms with Gasteiger partial charge in [-0.2, -0.15) is 0 Å². The molecule has 1 aliphatic heterocycles. The Morgan fingerprint density at radius 3 is 2.68 bits per heavy atom. The van der Waals surface area contributed by atoms with Crippen molar-refractivity contribution in [3.05, 3.63) is 46.9 Å². The summed E-state index contributed by atoms with van der Waals surface area (Å²) in [7, 11) is 0. The lowest BCUT2D eigenvalue weighted by molar-refractivity contribution is -0.119. The fourth-order valence-electron chi connectivity index (χ4n) is 4.55. The number of rotatable bonds is 12. The first-order valence-corrected chi connectivity index (χ1v) is 14.6. The minimum atomic E-state index is -0.429. The van der Waals surface area contributed by atoms with E-state index in [0.29, 0.717) is 41.3 Å². The summed E-state index contributed by atoms with van der Waals surface area (Å²) < 4.78 is 13.6. The van der Waals surface area contributed by atoms with E-state index in [2.05, 4.69) is 38.9 Å². The van der Waals surface area contributed by atoms with Gasteiger partial charge in [-0.15, -0.1) is 0 Å². The molecule has 2 atom stereocenters. The summed E-state index contributed by atoms with van der Waals surface area (Å²) in [6.45, 7) is 13.0. The van der Waals surface area contributed by atoms with Crippen LogP contribution >= 0.6 is 23.4 Å². The molecule has 0 saturated carbocycles. The van der Waals surface area contributed by atoms with Crippen LogP contribution in [0.4, 0.5) is 10.2 Å². The summed E-state index contributed by atoms with van der Waals surface area (Å²) in [5, 5.41) is 3.79. The molecule has 38 heavy (non-hydrogen) atoms. The van der Waals surface area contributed by atoms with Crippen LogP contribution in [0.25, 0.3) is 0 Å². The van der Waals surface area contributed by atoms with Gasteiger partial charge >= 0.3 is 0 Å². The zero-order chi connectivity index (χ0) is 27.7. The summed E-state index contributed by atoms with van der Waals surface area (Å²) >= 11 is 7.54. The number of benzene rings is 1. The second-order valence-corrected chi connectivity index (χ2v) is 10.9. The summed E-state index contributed by atoms with van der Waals surface area (Å²) in [5.41, 5.74) is 0.338. The van der Waals surface area contributed by atoms with Crippen LogP contribution in [0.1, 0.15) is 50.9 Å². The average molecular weight is 565 g/mol. The number of carbonyl (C=O) groups is 2. The van der Waals surface area contributed by atoms with Crippen molar-refractivity contribution < 1.29 is 14.0 Å². The lowest BCUT2D eigenvalue weighted by Crippen LogP contribution is -2.54. The molecular weight excluding hydrogens is 527 g/mol. The lowest BCUT2D eigenvalue weighted by Gasteiger charge is -2.40. The highest BCUT2D eigenvalue weighted by atomic mass is 35.5. The van der Waals surface area contributed by atoms with E-state index in [-0.39, 0.29) is 29.7 Å². The molecule has 0 radical (unpaired) electrons. The maximum atomic E-state index is 13.6. The Balaban J connectivity index is 1.51. The Morgan fingerprint density at radius 1 is 1.24 bits per heavy atom. The molecule has 8 nitrogen and oxygen atoms in total. The molecule has 2 amide bonds. The average Bonchev–Trinajstić information content (AvgIpc) is 2.89. The van der Waals surface area contributed by atoms with Crippen molar-refractivity contribution in [2.24, 2.45) is 0 Å². The van der Waals surface area contributed by atoms with Gasteiger partial charge in [-0.05, 0) is 64.5 Å². The minimum Gasteiger partial charge on any atom is -0.353 e. The van der Waals surface area contributed by atoms with Crippen LogP contribution in [0.3, 0.4) is 0 Å². The second-order valence-electron chi connectivity index (χ2n) is 9.56. The SMILES string of the molecule is CCN(CC)CCCC(C)NC(=O)CSc1nc(Cl)cc(N2CCN(C(=O)c3cccc(F)c3)C(C)C2)n1. The molecule has 1 aromatic heterocycles. The van der Waals surface area contributed by atoms with Crippen LogP contribution in [0, 0.1) is 5.82 Å². The number of piperazine rings is 1. The highest BCUT2D eigenvalue weighted by molar-refractivity contribution is 7.99. The molecular formula is C27H38ClFN6O2S. The highest BCUT2D eigenvalue weighted by Crippen LogP contribution is 2.25. The Morgan fingerprint density at radius 2 is 2.00 bits per heavy atom. The molecule has 3 rings (SSSR count). The number of carbonyl (C=O) groups excluding carboxylic acids is 2. The van der Waals surface area contributed by atoms with Gasteiger partial charge in [0, 0.05) is 43.3 Å². The van der Waals surface area contributed by atoms with Crippen LogP contribution in [-0.4, -0.2) is 88.7 Å². The number of hydrogen-bond donors (Lipinski definition) is 1. The van der Waals surface area contributed by atoms with E-state index in [1.165, 1.54) is 23.9 Å². The maximum Gasteiger partial charge on any atom is 0.254 e. The van der Waals surface area contributed by atoms with Crippen molar-refractivity contribution in [1.82, 2.24) is 25.1 Å². The van der Waals surface area contributed by atoms with Crippen molar-refractivity contribution in [3.63, 3.8) is 0 Å². The van der Waals surface area contributed by atoms with Gasteiger partial charge in [-0.25, -0.2) is 14.4 Å². The molecule has 1 aliphatic rings. The van der Waals surface area contributed by atoms with Gasteiger partial charge in [0.2, 0.25) is 5.91 Å². The molecule has 1 aromatic carbocycles. The number of halogens is 2. The van der Waals surface area contributed by atoms with Crippen LogP contribution < -0.4 is 10.2 Å². The molecule has 208 valence electrons. The molecule has 0 aliphatic carbocycles. The zero-order valence-corrected chi connectivity index (χ0v) is 24.2. The van der Waals surface area contributed by atoms with E-state index in [0.717, 1.165) is 32.5 Å². The first kappa shape index (κ1) is 30.1. The molecule has 0 spiro atoms. The Bertz CT molecular complexity index is 1090. The first-order valence-electron chi connectivity index (χ1n) is 13.2. The number of hydrogen-bond acceptors (Lipinski definition) is 7. The zero-order valence-electron chi connectivity index (χ0n) is 22.6. The van der Waals surface area contributed by atoms with Gasteiger partial charge in [0.1, 0.15) is 16.8 Å². The van der Waals surface area contributed by atoms with Crippen LogP contribution in [-0.2, 0) is 4.79 Å². The van der Waals surface area contributed by atoms with Crippen molar-refractivity contribution in [3.8, 4) is 0 Å². The summed E-state index contributed by atoms with van der Waals surface area (Å²) in [6.07, 6.45) is 1.97. The molecule has 0 bridgehead atoms. The van der Waals surface area contributed by atoms with Gasteiger partial charge in [0.05, 0.1) is 5.75 Å². The molecule has 1 N–H and O–H groups in total. The first-order chi connectivity index (χ1) is 18.2. The number of thioether (sulfide) groups is 1. The van der Waals surface area contributed by atoms with E-state index in [4.69, 9.17) is 11.6 Å². The quantitative estimate of drug-likeness (QED) is 0.233. The van der Waals surface area contributed by atoms with E-state index in [1.54, 1.807) is 23.1 Å². The van der Waals surface area contributed by atoms with E-state index >= 15 is 0 Å². The van der Waals surface area contributed by atoms with Crippen molar-refractivity contribution in [2.75, 3.05) is 49.9 Å². The number of aromatic nitrogens is 2. The molecule has 2 unspecified atom stereocenters. The topological polar surface area (TPSA) is 81.7 Å². The van der Waals surface area contributed by atoms with E-state index < -0.39 is 5.82 Å². The number of nitrogens with one attached hydrogen (secondary N) is 1. The largest absolute Gasteiger partial charge is 0.353 e. The van der Waals surface area contributed by atoms with Gasteiger partial charge < -0.3 is 20.0 Å². The molecule has 2 heterocycles. The van der Waals surface area contributed by atoms with Crippen LogP contribution in [0.15, 0.2) is 35.5 Å². The van der Waals surface area contributed by atoms with Gasteiger partial charge in [0.25, 0.3) is 5.91 Å². The fraction of sp³-hybridized carbons (Fsp3) is 0.556. The number of amides is 2. The summed E-state index contributed by atoms with van der Waals surface area (Å²) in [6, 6.07) is 7.44. The molecule has 1 fully saturated rings. The van der Waals surface area contributed by atoms with Crippen molar-refractivity contribution >= 4 is 41.0 Å². The van der Waals surface area contributed by atoms with Crippen molar-refractivity contribution in [2.45, 2.75) is 57.8 Å². The third-order valence-corrected chi connectivity index (χ3v) is 7.73. The van der Waals surface area contributed by atoms with Gasteiger partial charge in [-0.3, -0.25) is 9.59 Å². The number of anilines is 1.